The Morgan fingerprint density at radius 2 is 1.89 bits per heavy atom. The first-order valence-corrected chi connectivity index (χ1v) is 7.88. The molecule has 0 fully saturated rings. The third kappa shape index (κ3) is 4.65. The number of sulfonamides is 1. The zero-order valence-electron chi connectivity index (χ0n) is 11.4. The van der Waals surface area contributed by atoms with Gasteiger partial charge in [0.25, 0.3) is 0 Å². The van der Waals surface area contributed by atoms with Crippen LogP contribution in [0.25, 0.3) is 0 Å². The quantitative estimate of drug-likeness (QED) is 0.741. The maximum Gasteiger partial charge on any atom is 0.324 e. The van der Waals surface area contributed by atoms with Crippen LogP contribution in [0.4, 0.5) is 0 Å². The van der Waals surface area contributed by atoms with Gasteiger partial charge in [-0.15, -0.1) is 0 Å². The fourth-order valence-corrected chi connectivity index (χ4v) is 2.73. The van der Waals surface area contributed by atoms with Crippen molar-refractivity contribution in [2.75, 3.05) is 12.9 Å². The van der Waals surface area contributed by atoms with Gasteiger partial charge in [0.15, 0.2) is 0 Å². The summed E-state index contributed by atoms with van der Waals surface area (Å²) < 4.78 is 29.6. The zero-order valence-corrected chi connectivity index (χ0v) is 12.2. The van der Waals surface area contributed by atoms with E-state index in [0.29, 0.717) is 0 Å². The van der Waals surface area contributed by atoms with Gasteiger partial charge in [-0.2, -0.15) is 4.31 Å². The minimum Gasteiger partial charge on any atom is -0.465 e. The number of nitrogens with zero attached hydrogens (tertiary/aromatic N) is 1. The highest BCUT2D eigenvalue weighted by atomic mass is 32.2. The lowest BCUT2D eigenvalue weighted by Gasteiger charge is -2.25. The molecule has 1 unspecified atom stereocenters. The summed E-state index contributed by atoms with van der Waals surface area (Å²) in [6, 6.07) is 8.29. The molecule has 1 aromatic rings. The molecule has 1 rings (SSSR count). The maximum atomic E-state index is 11.8. The Morgan fingerprint density at radius 3 is 2.37 bits per heavy atom. The molecule has 19 heavy (non-hydrogen) atoms. The first-order valence-electron chi connectivity index (χ1n) is 6.03. The monoisotopic (exact) mass is 285 g/mol. The Labute approximate surface area is 114 Å². The topological polar surface area (TPSA) is 63.7 Å². The van der Waals surface area contributed by atoms with Crippen molar-refractivity contribution in [3.8, 4) is 0 Å². The molecule has 1 atom stereocenters. The molecule has 0 bridgehead atoms. The summed E-state index contributed by atoms with van der Waals surface area (Å²) in [6.07, 6.45) is 1.09. The van der Waals surface area contributed by atoms with Crippen molar-refractivity contribution in [1.29, 1.82) is 0 Å². The highest BCUT2D eigenvalue weighted by molar-refractivity contribution is 7.88. The normalized spacial score (nSPS) is 13.3. The molecule has 5 nitrogen and oxygen atoms in total. The van der Waals surface area contributed by atoms with Crippen LogP contribution < -0.4 is 0 Å². The molecule has 0 aliphatic rings. The first-order chi connectivity index (χ1) is 8.86. The van der Waals surface area contributed by atoms with E-state index in [1.807, 2.05) is 30.3 Å². The van der Waals surface area contributed by atoms with Crippen LogP contribution in [0.2, 0.25) is 0 Å². The van der Waals surface area contributed by atoms with Crippen LogP contribution >= 0.6 is 0 Å². The van der Waals surface area contributed by atoms with Crippen LogP contribution in [0.15, 0.2) is 30.3 Å². The molecule has 0 heterocycles. The van der Waals surface area contributed by atoms with E-state index in [0.717, 1.165) is 16.1 Å². The number of rotatable bonds is 6. The summed E-state index contributed by atoms with van der Waals surface area (Å²) in [4.78, 5) is 11.7. The summed E-state index contributed by atoms with van der Waals surface area (Å²) in [5, 5.41) is 0. The van der Waals surface area contributed by atoms with Crippen LogP contribution in [0.5, 0.6) is 0 Å². The Balaban J connectivity index is 2.94. The van der Waals surface area contributed by atoms with Gasteiger partial charge < -0.3 is 4.74 Å². The van der Waals surface area contributed by atoms with Crippen molar-refractivity contribution in [3.05, 3.63) is 35.9 Å². The molecule has 0 aromatic heterocycles. The van der Waals surface area contributed by atoms with E-state index in [9.17, 15) is 13.2 Å². The van der Waals surface area contributed by atoms with Gasteiger partial charge in [0.2, 0.25) is 10.0 Å². The lowest BCUT2D eigenvalue weighted by Crippen LogP contribution is -2.43. The van der Waals surface area contributed by atoms with Gasteiger partial charge in [-0.05, 0) is 19.4 Å². The van der Waals surface area contributed by atoms with Crippen LogP contribution in [-0.2, 0) is 26.1 Å². The minimum atomic E-state index is -3.49. The lowest BCUT2D eigenvalue weighted by atomic mass is 10.2. The predicted molar refractivity (Wildman–Crippen MR) is 72.9 cm³/mol. The van der Waals surface area contributed by atoms with Crippen molar-refractivity contribution in [2.24, 2.45) is 0 Å². The fraction of sp³-hybridized carbons (Fsp3) is 0.462. The Kier molecular flexibility index (Phi) is 5.50. The summed E-state index contributed by atoms with van der Waals surface area (Å²) in [5.74, 6) is -0.538. The van der Waals surface area contributed by atoms with Gasteiger partial charge in [0.05, 0.1) is 12.9 Å². The largest absolute Gasteiger partial charge is 0.465 e. The number of carbonyl (C=O) groups is 1. The highest BCUT2D eigenvalue weighted by Gasteiger charge is 2.29. The standard InChI is InChI=1S/C13H19NO4S/c1-4-18-13(15)11(2)14(19(3,16)17)10-12-8-6-5-7-9-12/h5-9,11H,4,10H2,1-3H3. The number of benzene rings is 1. The number of carbonyl (C=O) groups excluding carboxylic acids is 1. The van der Waals surface area contributed by atoms with E-state index in [2.05, 4.69) is 0 Å². The highest BCUT2D eigenvalue weighted by Crippen LogP contribution is 2.13. The van der Waals surface area contributed by atoms with Gasteiger partial charge in [-0.3, -0.25) is 4.79 Å². The second-order valence-corrected chi connectivity index (χ2v) is 6.16. The van der Waals surface area contributed by atoms with Gasteiger partial charge in [-0.1, -0.05) is 30.3 Å². The second-order valence-electron chi connectivity index (χ2n) is 4.22. The first kappa shape index (κ1) is 15.7. The van der Waals surface area contributed by atoms with E-state index >= 15 is 0 Å². The van der Waals surface area contributed by atoms with Gasteiger partial charge >= 0.3 is 5.97 Å². The number of ether oxygens (including phenoxy) is 1. The molecular weight excluding hydrogens is 266 g/mol. The van der Waals surface area contributed by atoms with Gasteiger partial charge in [0.1, 0.15) is 6.04 Å². The summed E-state index contributed by atoms with van der Waals surface area (Å²) >= 11 is 0. The summed E-state index contributed by atoms with van der Waals surface area (Å²) in [5.41, 5.74) is 0.823. The van der Waals surface area contributed by atoms with Crippen molar-refractivity contribution >= 4 is 16.0 Å². The lowest BCUT2D eigenvalue weighted by molar-refractivity contribution is -0.147. The van der Waals surface area contributed by atoms with Crippen molar-refractivity contribution in [3.63, 3.8) is 0 Å². The average Bonchev–Trinajstić information content (AvgIpc) is 2.35. The fourth-order valence-electron chi connectivity index (χ4n) is 1.69. The summed E-state index contributed by atoms with van der Waals surface area (Å²) in [7, 11) is -3.49. The Hall–Kier alpha value is -1.40. The van der Waals surface area contributed by atoms with E-state index in [4.69, 9.17) is 4.74 Å². The molecule has 0 amide bonds. The van der Waals surface area contributed by atoms with Crippen LogP contribution in [-0.4, -0.2) is 37.6 Å². The molecule has 6 heteroatoms. The average molecular weight is 285 g/mol. The minimum absolute atomic E-state index is 0.152. The second kappa shape index (κ2) is 6.68. The molecule has 0 radical (unpaired) electrons. The maximum absolute atomic E-state index is 11.8. The number of esters is 1. The molecule has 106 valence electrons. The van der Waals surface area contributed by atoms with Crippen LogP contribution in [0.1, 0.15) is 19.4 Å². The van der Waals surface area contributed by atoms with Crippen molar-refractivity contribution < 1.29 is 17.9 Å². The molecule has 0 aliphatic carbocycles. The molecular formula is C13H19NO4S. The van der Waals surface area contributed by atoms with Crippen molar-refractivity contribution in [2.45, 2.75) is 26.4 Å². The van der Waals surface area contributed by atoms with Gasteiger partial charge in [0, 0.05) is 6.54 Å². The van der Waals surface area contributed by atoms with Gasteiger partial charge in [-0.25, -0.2) is 8.42 Å². The zero-order chi connectivity index (χ0) is 14.5. The molecule has 0 saturated carbocycles. The van der Waals surface area contributed by atoms with E-state index in [-0.39, 0.29) is 13.2 Å². The van der Waals surface area contributed by atoms with E-state index in [1.165, 1.54) is 6.92 Å². The molecule has 1 aromatic carbocycles. The third-order valence-corrected chi connectivity index (χ3v) is 3.96. The Morgan fingerprint density at radius 1 is 1.32 bits per heavy atom. The smallest absolute Gasteiger partial charge is 0.324 e. The Bertz CT molecular complexity index is 513. The van der Waals surface area contributed by atoms with E-state index < -0.39 is 22.0 Å². The number of hydrogen-bond acceptors (Lipinski definition) is 4. The van der Waals surface area contributed by atoms with Crippen LogP contribution in [0.3, 0.4) is 0 Å². The third-order valence-electron chi connectivity index (χ3n) is 2.67. The summed E-state index contributed by atoms with van der Waals surface area (Å²) in [6.45, 7) is 3.60. The van der Waals surface area contributed by atoms with Crippen molar-refractivity contribution in [1.82, 2.24) is 4.31 Å². The molecule has 0 aliphatic heterocycles. The molecule has 0 spiro atoms. The van der Waals surface area contributed by atoms with Crippen LogP contribution in [0, 0.1) is 0 Å². The molecule has 0 saturated heterocycles. The van der Waals surface area contributed by atoms with E-state index in [1.54, 1.807) is 6.92 Å². The molecule has 0 N–H and O–H groups in total. The predicted octanol–water partition coefficient (Wildman–Crippen LogP) is 1.40. The SMILES string of the molecule is CCOC(=O)C(C)N(Cc1ccccc1)S(C)(=O)=O. The number of hydrogen-bond donors (Lipinski definition) is 0.